The van der Waals surface area contributed by atoms with Crippen LogP contribution in [0.3, 0.4) is 0 Å². The molecule has 0 spiro atoms. The molecule has 0 bridgehead atoms. The van der Waals surface area contributed by atoms with E-state index in [2.05, 4.69) is 41.7 Å². The van der Waals surface area contributed by atoms with Gasteiger partial charge >= 0.3 is 0 Å². The fourth-order valence-corrected chi connectivity index (χ4v) is 4.70. The summed E-state index contributed by atoms with van der Waals surface area (Å²) in [4.78, 5) is 4.46. The van der Waals surface area contributed by atoms with E-state index in [1.807, 2.05) is 18.2 Å². The van der Waals surface area contributed by atoms with Crippen molar-refractivity contribution in [2.24, 2.45) is 0 Å². The maximum Gasteiger partial charge on any atom is 0.169 e. The van der Waals surface area contributed by atoms with Crippen LogP contribution in [0, 0.1) is 5.82 Å². The summed E-state index contributed by atoms with van der Waals surface area (Å²) in [6.45, 7) is 15.0. The van der Waals surface area contributed by atoms with Gasteiger partial charge in [0.05, 0.1) is 11.4 Å². The molecule has 2 aliphatic rings. The van der Waals surface area contributed by atoms with Crippen molar-refractivity contribution in [2.45, 2.75) is 25.7 Å². The second-order valence-electron chi connectivity index (χ2n) is 9.50. The SMILES string of the molecule is Fc1c(N2CCCNCCNCCCNCC2)cccc1N1CCCNCCNCCCNCC1. The third-order valence-electron chi connectivity index (χ3n) is 6.69. The van der Waals surface area contributed by atoms with Crippen LogP contribution in [0.15, 0.2) is 18.2 Å². The minimum atomic E-state index is -0.0796. The van der Waals surface area contributed by atoms with Crippen LogP contribution < -0.4 is 41.7 Å². The summed E-state index contributed by atoms with van der Waals surface area (Å²) in [7, 11) is 0. The molecule has 35 heavy (non-hydrogen) atoms. The van der Waals surface area contributed by atoms with E-state index in [1.54, 1.807) is 0 Å². The van der Waals surface area contributed by atoms with Crippen LogP contribution in [0.2, 0.25) is 0 Å². The van der Waals surface area contributed by atoms with Gasteiger partial charge in [-0.05, 0) is 77.1 Å². The van der Waals surface area contributed by atoms with Gasteiger partial charge in [-0.1, -0.05) is 6.07 Å². The van der Waals surface area contributed by atoms with Crippen molar-refractivity contribution in [1.82, 2.24) is 31.9 Å². The molecule has 0 amide bonds. The average Bonchev–Trinajstić information content (AvgIpc) is 2.87. The van der Waals surface area contributed by atoms with Crippen LogP contribution in [-0.2, 0) is 0 Å². The van der Waals surface area contributed by atoms with E-state index < -0.39 is 0 Å². The number of halogens is 1. The highest BCUT2D eigenvalue weighted by Crippen LogP contribution is 2.29. The molecule has 0 atom stereocenters. The maximum absolute atomic E-state index is 16.0. The second kappa shape index (κ2) is 17.9. The Hall–Kier alpha value is -1.49. The second-order valence-corrected chi connectivity index (χ2v) is 9.50. The van der Waals surface area contributed by atoms with Crippen LogP contribution in [0.1, 0.15) is 25.7 Å². The first-order valence-electron chi connectivity index (χ1n) is 13.9. The van der Waals surface area contributed by atoms with Crippen LogP contribution in [0.25, 0.3) is 0 Å². The van der Waals surface area contributed by atoms with Crippen molar-refractivity contribution in [2.75, 3.05) is 115 Å². The number of hydrogen-bond donors (Lipinski definition) is 6. The van der Waals surface area contributed by atoms with Gasteiger partial charge in [0, 0.05) is 65.4 Å². The molecule has 0 saturated carbocycles. The summed E-state index contributed by atoms with van der Waals surface area (Å²) < 4.78 is 16.0. The standard InChI is InChI=1S/C26H49FN8/c27-26-24(34-20-4-12-30-16-14-28-8-2-10-32-18-22-34)6-1-7-25(26)35-21-5-13-31-17-15-29-9-3-11-33-19-23-35/h1,6-7,28-33H,2-5,8-23H2. The van der Waals surface area contributed by atoms with Gasteiger partial charge < -0.3 is 41.7 Å². The van der Waals surface area contributed by atoms with Crippen LogP contribution >= 0.6 is 0 Å². The lowest BCUT2D eigenvalue weighted by molar-refractivity contribution is 0.539. The van der Waals surface area contributed by atoms with Gasteiger partial charge in [-0.3, -0.25) is 0 Å². The van der Waals surface area contributed by atoms with Gasteiger partial charge in [-0.2, -0.15) is 0 Å². The van der Waals surface area contributed by atoms with Gasteiger partial charge in [0.15, 0.2) is 5.82 Å². The van der Waals surface area contributed by atoms with Gasteiger partial charge in [0.25, 0.3) is 0 Å². The molecule has 0 aromatic heterocycles. The van der Waals surface area contributed by atoms with Crippen molar-refractivity contribution in [3.8, 4) is 0 Å². The first-order chi connectivity index (χ1) is 17.4. The van der Waals surface area contributed by atoms with Crippen LogP contribution in [0.4, 0.5) is 15.8 Å². The Balaban J connectivity index is 1.67. The molecule has 2 saturated heterocycles. The maximum atomic E-state index is 16.0. The summed E-state index contributed by atoms with van der Waals surface area (Å²) in [5.41, 5.74) is 1.46. The zero-order valence-corrected chi connectivity index (χ0v) is 21.6. The van der Waals surface area contributed by atoms with Crippen molar-refractivity contribution >= 4 is 11.4 Å². The molecule has 2 heterocycles. The molecule has 8 nitrogen and oxygen atoms in total. The molecule has 9 heteroatoms. The minimum Gasteiger partial charge on any atom is -0.368 e. The van der Waals surface area contributed by atoms with Crippen molar-refractivity contribution < 1.29 is 4.39 Å². The van der Waals surface area contributed by atoms with E-state index in [1.165, 1.54) is 0 Å². The van der Waals surface area contributed by atoms with Crippen molar-refractivity contribution in [1.29, 1.82) is 0 Å². The predicted octanol–water partition coefficient (Wildman–Crippen LogP) is 0.564. The van der Waals surface area contributed by atoms with E-state index in [4.69, 9.17) is 0 Å². The molecule has 0 aliphatic carbocycles. The number of nitrogens with zero attached hydrogens (tertiary/aromatic N) is 2. The fraction of sp³-hybridized carbons (Fsp3) is 0.769. The summed E-state index contributed by atoms with van der Waals surface area (Å²) in [5, 5.41) is 21.0. The zero-order valence-electron chi connectivity index (χ0n) is 21.6. The Morgan fingerprint density at radius 1 is 0.457 bits per heavy atom. The zero-order chi connectivity index (χ0) is 24.4. The van der Waals surface area contributed by atoms with E-state index in [0.717, 1.165) is 142 Å². The Morgan fingerprint density at radius 3 is 1.26 bits per heavy atom. The lowest BCUT2D eigenvalue weighted by Gasteiger charge is -2.30. The molecule has 0 radical (unpaired) electrons. The number of hydrogen-bond acceptors (Lipinski definition) is 8. The summed E-state index contributed by atoms with van der Waals surface area (Å²) in [6, 6.07) is 5.94. The van der Waals surface area contributed by atoms with Gasteiger partial charge in [-0.15, -0.1) is 0 Å². The highest BCUT2D eigenvalue weighted by Gasteiger charge is 2.18. The highest BCUT2D eigenvalue weighted by molar-refractivity contribution is 5.61. The third-order valence-corrected chi connectivity index (χ3v) is 6.69. The molecule has 1 aromatic rings. The first-order valence-corrected chi connectivity index (χ1v) is 13.9. The highest BCUT2D eigenvalue weighted by atomic mass is 19.1. The van der Waals surface area contributed by atoms with Crippen molar-refractivity contribution in [3.63, 3.8) is 0 Å². The quantitative estimate of drug-likeness (QED) is 0.358. The van der Waals surface area contributed by atoms with Gasteiger partial charge in [0.2, 0.25) is 0 Å². The lowest BCUT2D eigenvalue weighted by atomic mass is 10.2. The van der Waals surface area contributed by atoms with E-state index >= 15 is 4.39 Å². The summed E-state index contributed by atoms with van der Waals surface area (Å²) in [6.07, 6.45) is 4.21. The number of anilines is 2. The topological polar surface area (TPSA) is 78.7 Å². The monoisotopic (exact) mass is 492 g/mol. The third kappa shape index (κ3) is 11.0. The number of benzene rings is 1. The van der Waals surface area contributed by atoms with E-state index in [0.29, 0.717) is 0 Å². The Morgan fingerprint density at radius 2 is 0.829 bits per heavy atom. The molecule has 200 valence electrons. The predicted molar refractivity (Wildman–Crippen MR) is 147 cm³/mol. The van der Waals surface area contributed by atoms with Crippen LogP contribution in [0.5, 0.6) is 0 Å². The number of rotatable bonds is 2. The minimum absolute atomic E-state index is 0.0796. The molecule has 2 fully saturated rings. The summed E-state index contributed by atoms with van der Waals surface area (Å²) in [5.74, 6) is -0.0796. The van der Waals surface area contributed by atoms with Gasteiger partial charge in [-0.25, -0.2) is 4.39 Å². The molecule has 6 N–H and O–H groups in total. The largest absolute Gasteiger partial charge is 0.368 e. The average molecular weight is 493 g/mol. The van der Waals surface area contributed by atoms with E-state index in [-0.39, 0.29) is 5.82 Å². The molecular weight excluding hydrogens is 443 g/mol. The molecule has 0 unspecified atom stereocenters. The van der Waals surface area contributed by atoms with Crippen molar-refractivity contribution in [3.05, 3.63) is 24.0 Å². The molecular formula is C26H49FN8. The molecule has 2 aliphatic heterocycles. The van der Waals surface area contributed by atoms with E-state index in [9.17, 15) is 0 Å². The molecule has 3 rings (SSSR count). The Bertz CT molecular complexity index is 597. The summed E-state index contributed by atoms with van der Waals surface area (Å²) >= 11 is 0. The molecule has 1 aromatic carbocycles. The fourth-order valence-electron chi connectivity index (χ4n) is 4.70. The lowest BCUT2D eigenvalue weighted by Crippen LogP contribution is -2.38. The van der Waals surface area contributed by atoms with Gasteiger partial charge in [0.1, 0.15) is 0 Å². The van der Waals surface area contributed by atoms with Crippen LogP contribution in [-0.4, -0.2) is 105 Å². The smallest absolute Gasteiger partial charge is 0.169 e. The normalized spacial score (nSPS) is 22.2. The first kappa shape index (κ1) is 28.1. The Labute approximate surface area is 212 Å². The Kier molecular flexibility index (Phi) is 14.3. The number of nitrogens with one attached hydrogen (secondary N) is 6.